The molecule has 4 rings (SSSR count). The van der Waals surface area contributed by atoms with Gasteiger partial charge in [0, 0.05) is 38.2 Å². The van der Waals surface area contributed by atoms with E-state index in [2.05, 4.69) is 29.4 Å². The molecule has 1 saturated carbocycles. The maximum Gasteiger partial charge on any atom is 0.230 e. The second-order valence-corrected chi connectivity index (χ2v) is 10.8. The van der Waals surface area contributed by atoms with Gasteiger partial charge in [0.15, 0.2) is 0 Å². The third-order valence-corrected chi connectivity index (χ3v) is 7.56. The van der Waals surface area contributed by atoms with Crippen molar-refractivity contribution in [1.29, 1.82) is 0 Å². The monoisotopic (exact) mass is 488 g/mol. The van der Waals surface area contributed by atoms with Crippen LogP contribution in [0.4, 0.5) is 5.69 Å². The number of amides is 1. The molecule has 1 aliphatic carbocycles. The number of pyridine rings is 1. The molecule has 0 atom stereocenters. The van der Waals surface area contributed by atoms with E-state index in [4.69, 9.17) is 23.2 Å². The first-order valence-corrected chi connectivity index (χ1v) is 12.8. The van der Waals surface area contributed by atoms with Crippen molar-refractivity contribution in [2.75, 3.05) is 11.1 Å². The number of halogens is 2. The summed E-state index contributed by atoms with van der Waals surface area (Å²) in [6.45, 7) is 2.09. The summed E-state index contributed by atoms with van der Waals surface area (Å²) in [6.07, 6.45) is 4.59. The van der Waals surface area contributed by atoms with Crippen LogP contribution in [0.2, 0.25) is 10.0 Å². The lowest BCUT2D eigenvalue weighted by Gasteiger charge is -2.12. The number of benzene rings is 2. The molecule has 1 heterocycles. The Balaban J connectivity index is 1.43. The molecule has 0 spiro atoms. The minimum atomic E-state index is -0.162. The predicted molar refractivity (Wildman–Crippen MR) is 134 cm³/mol. The van der Waals surface area contributed by atoms with Crippen LogP contribution in [-0.4, -0.2) is 21.9 Å². The molecule has 0 bridgehead atoms. The average Bonchev–Trinajstić information content (AvgIpc) is 3.54. The number of hydrogen-bond acceptors (Lipinski definition) is 4. The molecule has 0 radical (unpaired) electrons. The Labute approximate surface area is 201 Å². The van der Waals surface area contributed by atoms with Crippen molar-refractivity contribution in [3.05, 3.63) is 70.5 Å². The van der Waals surface area contributed by atoms with Gasteiger partial charge in [0.1, 0.15) is 0 Å². The number of thioether (sulfide) groups is 2. The number of aromatic nitrogens is 1. The van der Waals surface area contributed by atoms with E-state index in [-0.39, 0.29) is 12.3 Å². The molecule has 1 aromatic heterocycles. The van der Waals surface area contributed by atoms with Crippen LogP contribution < -0.4 is 5.32 Å². The van der Waals surface area contributed by atoms with Crippen molar-refractivity contribution in [3.63, 3.8) is 0 Å². The van der Waals surface area contributed by atoms with Gasteiger partial charge in [-0.15, -0.1) is 23.5 Å². The fourth-order valence-electron chi connectivity index (χ4n) is 3.14. The molecule has 1 aliphatic rings. The van der Waals surface area contributed by atoms with Crippen molar-refractivity contribution >= 4 is 58.3 Å². The Kier molecular flexibility index (Phi) is 7.49. The smallest absolute Gasteiger partial charge is 0.230 e. The molecule has 3 nitrogen and oxygen atoms in total. The molecule has 0 aliphatic heterocycles. The van der Waals surface area contributed by atoms with Crippen LogP contribution in [0.5, 0.6) is 0 Å². The van der Waals surface area contributed by atoms with E-state index in [0.717, 1.165) is 32.7 Å². The molecule has 7 heteroatoms. The maximum atomic E-state index is 12.5. The van der Waals surface area contributed by atoms with Crippen molar-refractivity contribution in [1.82, 2.24) is 4.98 Å². The highest BCUT2D eigenvalue weighted by Crippen LogP contribution is 2.41. The lowest BCUT2D eigenvalue weighted by atomic mass is 10.0. The second-order valence-electron chi connectivity index (χ2n) is 7.30. The molecular weight excluding hydrogens is 467 g/mol. The third-order valence-electron chi connectivity index (χ3n) is 4.75. The van der Waals surface area contributed by atoms with Crippen LogP contribution in [0.3, 0.4) is 0 Å². The number of rotatable bonds is 8. The van der Waals surface area contributed by atoms with Crippen LogP contribution in [0, 0.1) is 0 Å². The van der Waals surface area contributed by atoms with Crippen molar-refractivity contribution in [3.8, 4) is 11.1 Å². The van der Waals surface area contributed by atoms with Gasteiger partial charge in [-0.3, -0.25) is 9.78 Å². The van der Waals surface area contributed by atoms with E-state index in [0.29, 0.717) is 15.7 Å². The first-order valence-electron chi connectivity index (χ1n) is 10.2. The van der Waals surface area contributed by atoms with Gasteiger partial charge in [0.25, 0.3) is 0 Å². The molecule has 0 unspecified atom stereocenters. The van der Waals surface area contributed by atoms with Gasteiger partial charge in [-0.25, -0.2) is 0 Å². The summed E-state index contributed by atoms with van der Waals surface area (Å²) in [6, 6.07) is 15.6. The van der Waals surface area contributed by atoms with E-state index in [1.807, 2.05) is 36.0 Å². The Morgan fingerprint density at radius 1 is 1.06 bits per heavy atom. The first kappa shape index (κ1) is 22.5. The van der Waals surface area contributed by atoms with Gasteiger partial charge in [-0.1, -0.05) is 42.3 Å². The van der Waals surface area contributed by atoms with E-state index >= 15 is 0 Å². The molecule has 0 saturated heterocycles. The van der Waals surface area contributed by atoms with Crippen molar-refractivity contribution in [2.24, 2.45) is 0 Å². The zero-order valence-corrected chi connectivity index (χ0v) is 20.2. The normalized spacial score (nSPS) is 13.3. The molecule has 3 aromatic rings. The predicted octanol–water partition coefficient (Wildman–Crippen LogP) is 7.60. The number of carbonyl (C=O) groups is 1. The number of carbonyl (C=O) groups excluding carboxylic acids is 1. The van der Waals surface area contributed by atoms with Gasteiger partial charge in [0.2, 0.25) is 5.91 Å². The summed E-state index contributed by atoms with van der Waals surface area (Å²) >= 11 is 16.7. The largest absolute Gasteiger partial charge is 0.326 e. The van der Waals surface area contributed by atoms with Gasteiger partial charge >= 0.3 is 0 Å². The summed E-state index contributed by atoms with van der Waals surface area (Å²) in [7, 11) is 0. The second kappa shape index (κ2) is 10.3. The van der Waals surface area contributed by atoms with Crippen molar-refractivity contribution < 1.29 is 4.79 Å². The highest BCUT2D eigenvalue weighted by atomic mass is 35.5. The standard InChI is InChI=1S/C24H22Cl2N2OS2/c1-2-30-20-8-5-16(27-14-20)13-23(29)28-17-11-21(25)24(22(26)12-17)15-3-6-18(7-4-15)31-19-9-10-19/h3-8,11-12,14,19H,2,9-10,13H2,1H3,(H,28,29). The Bertz CT molecular complexity index is 1040. The summed E-state index contributed by atoms with van der Waals surface area (Å²) in [5.74, 6) is 0.826. The Morgan fingerprint density at radius 3 is 2.32 bits per heavy atom. The fraction of sp³-hybridized carbons (Fsp3) is 0.250. The third kappa shape index (κ3) is 6.19. The van der Waals surface area contributed by atoms with Crippen molar-refractivity contribution in [2.45, 2.75) is 41.2 Å². The molecular formula is C24H22Cl2N2OS2. The number of hydrogen-bond donors (Lipinski definition) is 1. The summed E-state index contributed by atoms with van der Waals surface area (Å²) in [5, 5.41) is 4.65. The number of nitrogens with zero attached hydrogens (tertiary/aromatic N) is 1. The zero-order chi connectivity index (χ0) is 21.8. The SMILES string of the molecule is CCSc1ccc(CC(=O)Nc2cc(Cl)c(-c3ccc(SC4CC4)cc3)c(Cl)c2)nc1. The lowest BCUT2D eigenvalue weighted by Crippen LogP contribution is -2.15. The van der Waals surface area contributed by atoms with Gasteiger partial charge < -0.3 is 5.32 Å². The Morgan fingerprint density at radius 2 is 1.74 bits per heavy atom. The average molecular weight is 489 g/mol. The van der Waals surface area contributed by atoms with Gasteiger partial charge in [-0.2, -0.15) is 0 Å². The molecule has 1 amide bonds. The summed E-state index contributed by atoms with van der Waals surface area (Å²) < 4.78 is 0. The molecule has 160 valence electrons. The number of anilines is 1. The van der Waals surface area contributed by atoms with E-state index in [1.165, 1.54) is 17.7 Å². The Hall–Kier alpha value is -1.66. The summed E-state index contributed by atoms with van der Waals surface area (Å²) in [5.41, 5.74) is 3.02. The quantitative estimate of drug-likeness (QED) is 0.331. The van der Waals surface area contributed by atoms with Gasteiger partial charge in [-0.05, 0) is 60.6 Å². The van der Waals surface area contributed by atoms with Gasteiger partial charge in [0.05, 0.1) is 16.5 Å². The maximum absolute atomic E-state index is 12.5. The molecule has 1 N–H and O–H groups in total. The first-order chi connectivity index (χ1) is 15.0. The molecule has 2 aromatic carbocycles. The molecule has 31 heavy (non-hydrogen) atoms. The minimum absolute atomic E-state index is 0.162. The van der Waals surface area contributed by atoms with Crippen LogP contribution in [0.25, 0.3) is 11.1 Å². The highest BCUT2D eigenvalue weighted by Gasteiger charge is 2.22. The van der Waals surface area contributed by atoms with E-state index in [1.54, 1.807) is 30.1 Å². The van der Waals surface area contributed by atoms with E-state index in [9.17, 15) is 4.79 Å². The highest BCUT2D eigenvalue weighted by molar-refractivity contribution is 8.00. The lowest BCUT2D eigenvalue weighted by molar-refractivity contribution is -0.115. The van der Waals surface area contributed by atoms with Crippen LogP contribution in [-0.2, 0) is 11.2 Å². The molecule has 1 fully saturated rings. The number of nitrogens with one attached hydrogen (secondary N) is 1. The topological polar surface area (TPSA) is 42.0 Å². The minimum Gasteiger partial charge on any atom is -0.326 e. The van der Waals surface area contributed by atoms with Crippen LogP contribution in [0.15, 0.2) is 64.5 Å². The van der Waals surface area contributed by atoms with E-state index < -0.39 is 0 Å². The summed E-state index contributed by atoms with van der Waals surface area (Å²) in [4.78, 5) is 19.2. The fourth-order valence-corrected chi connectivity index (χ4v) is 5.52. The van der Waals surface area contributed by atoms with Crippen LogP contribution >= 0.6 is 46.7 Å². The zero-order valence-electron chi connectivity index (χ0n) is 17.0. The van der Waals surface area contributed by atoms with Crippen LogP contribution in [0.1, 0.15) is 25.5 Å².